The van der Waals surface area contributed by atoms with Crippen molar-refractivity contribution in [3.05, 3.63) is 58.7 Å². The lowest BCUT2D eigenvalue weighted by atomic mass is 9.84. The number of nitrogens with one attached hydrogen (secondary N) is 1. The molecule has 2 aliphatic rings. The number of rotatable bonds is 6. The highest BCUT2D eigenvalue weighted by atomic mass is 32.1. The molecule has 1 aliphatic heterocycles. The average Bonchev–Trinajstić information content (AvgIpc) is 2.77. The minimum absolute atomic E-state index is 0.497. The first kappa shape index (κ1) is 24.1. The Morgan fingerprint density at radius 3 is 2.55 bits per heavy atom. The van der Waals surface area contributed by atoms with E-state index in [0.29, 0.717) is 12.0 Å². The average molecular weight is 464 g/mol. The standard InChI is InChI=1S/C29H41N3S/c1-5-14-31-15-8-10-25-19-24(12-13-28(25)31)20-32(27-11-7-6-9-23(27)4)29(33)30-26-17-21(2)16-22(3)18-26/h12-13,16-19,23,27H,5-11,14-15,20H2,1-4H3,(H,30,33)/t23-,27+/m1/s1. The van der Waals surface area contributed by atoms with Crippen LogP contribution in [0.4, 0.5) is 11.4 Å². The van der Waals surface area contributed by atoms with Crippen LogP contribution in [-0.2, 0) is 13.0 Å². The van der Waals surface area contributed by atoms with Gasteiger partial charge < -0.3 is 15.1 Å². The Hall–Kier alpha value is -2.07. The topological polar surface area (TPSA) is 18.5 Å². The van der Waals surface area contributed by atoms with E-state index in [4.69, 9.17) is 12.2 Å². The molecule has 33 heavy (non-hydrogen) atoms. The number of anilines is 2. The summed E-state index contributed by atoms with van der Waals surface area (Å²) in [6, 6.07) is 14.3. The van der Waals surface area contributed by atoms with Gasteiger partial charge in [0.25, 0.3) is 0 Å². The highest BCUT2D eigenvalue weighted by Gasteiger charge is 2.29. The molecule has 1 saturated carbocycles. The van der Waals surface area contributed by atoms with Crippen molar-refractivity contribution in [1.29, 1.82) is 0 Å². The monoisotopic (exact) mass is 463 g/mol. The number of fused-ring (bicyclic) bond motifs is 1. The summed E-state index contributed by atoms with van der Waals surface area (Å²) in [5.41, 5.74) is 7.98. The molecule has 1 fully saturated rings. The summed E-state index contributed by atoms with van der Waals surface area (Å²) in [5.74, 6) is 0.662. The maximum Gasteiger partial charge on any atom is 0.173 e. The van der Waals surface area contributed by atoms with Crippen molar-refractivity contribution in [2.24, 2.45) is 5.92 Å². The van der Waals surface area contributed by atoms with Gasteiger partial charge in [0.2, 0.25) is 0 Å². The summed E-state index contributed by atoms with van der Waals surface area (Å²) >= 11 is 6.06. The normalized spacial score (nSPS) is 20.3. The summed E-state index contributed by atoms with van der Waals surface area (Å²) < 4.78 is 0. The second-order valence-electron chi connectivity index (χ2n) is 10.3. The van der Waals surface area contributed by atoms with Gasteiger partial charge in [0.1, 0.15) is 0 Å². The van der Waals surface area contributed by atoms with Gasteiger partial charge in [0, 0.05) is 37.1 Å². The van der Waals surface area contributed by atoms with Gasteiger partial charge in [-0.25, -0.2) is 0 Å². The van der Waals surface area contributed by atoms with Crippen molar-refractivity contribution in [3.8, 4) is 0 Å². The number of hydrogen-bond acceptors (Lipinski definition) is 2. The fraction of sp³-hybridized carbons (Fsp3) is 0.552. The van der Waals surface area contributed by atoms with E-state index in [2.05, 4.69) is 79.2 Å². The quantitative estimate of drug-likeness (QED) is 0.455. The van der Waals surface area contributed by atoms with Gasteiger partial charge in [-0.15, -0.1) is 0 Å². The number of nitrogens with zero attached hydrogens (tertiary/aromatic N) is 2. The van der Waals surface area contributed by atoms with E-state index in [1.807, 2.05) is 0 Å². The summed E-state index contributed by atoms with van der Waals surface area (Å²) in [5, 5.41) is 4.46. The van der Waals surface area contributed by atoms with Crippen molar-refractivity contribution in [1.82, 2.24) is 4.90 Å². The summed E-state index contributed by atoms with van der Waals surface area (Å²) in [6.07, 6.45) is 8.81. The van der Waals surface area contributed by atoms with Gasteiger partial charge in [-0.1, -0.05) is 44.9 Å². The summed E-state index contributed by atoms with van der Waals surface area (Å²) in [6.45, 7) is 12.2. The molecule has 2 aromatic carbocycles. The maximum absolute atomic E-state index is 6.06. The fourth-order valence-corrected chi connectivity index (χ4v) is 6.18. The first-order chi connectivity index (χ1) is 15.9. The first-order valence-electron chi connectivity index (χ1n) is 13.0. The van der Waals surface area contributed by atoms with Crippen molar-refractivity contribution in [2.45, 2.75) is 85.2 Å². The molecular formula is C29H41N3S. The second kappa shape index (κ2) is 10.9. The Kier molecular flexibility index (Phi) is 7.95. The van der Waals surface area contributed by atoms with E-state index < -0.39 is 0 Å². The molecule has 1 heterocycles. The zero-order chi connectivity index (χ0) is 23.4. The lowest BCUT2D eigenvalue weighted by Crippen LogP contribution is -2.46. The maximum atomic E-state index is 6.06. The lowest BCUT2D eigenvalue weighted by Gasteiger charge is -2.40. The Labute approximate surface area is 206 Å². The van der Waals surface area contributed by atoms with E-state index in [0.717, 1.165) is 23.9 Å². The van der Waals surface area contributed by atoms with Crippen molar-refractivity contribution >= 4 is 28.7 Å². The number of aryl methyl sites for hydroxylation is 3. The molecule has 0 spiro atoms. The van der Waals surface area contributed by atoms with E-state index >= 15 is 0 Å². The number of benzene rings is 2. The van der Waals surface area contributed by atoms with Gasteiger partial charge in [-0.3, -0.25) is 0 Å². The van der Waals surface area contributed by atoms with Crippen LogP contribution in [0.5, 0.6) is 0 Å². The predicted molar refractivity (Wildman–Crippen MR) is 146 cm³/mol. The molecule has 0 saturated heterocycles. The molecule has 2 atom stereocenters. The molecule has 0 amide bonds. The Bertz CT molecular complexity index is 949. The van der Waals surface area contributed by atoms with Crippen molar-refractivity contribution in [3.63, 3.8) is 0 Å². The molecule has 0 unspecified atom stereocenters. The third-order valence-electron chi connectivity index (χ3n) is 7.41. The Morgan fingerprint density at radius 2 is 1.82 bits per heavy atom. The van der Waals surface area contributed by atoms with Gasteiger partial charge in [0.15, 0.2) is 5.11 Å². The number of thiocarbonyl (C=S) groups is 1. The summed E-state index contributed by atoms with van der Waals surface area (Å²) in [7, 11) is 0. The zero-order valence-electron chi connectivity index (χ0n) is 21.0. The van der Waals surface area contributed by atoms with Crippen molar-refractivity contribution < 1.29 is 0 Å². The molecule has 2 aromatic rings. The minimum atomic E-state index is 0.497. The van der Waals surface area contributed by atoms with E-state index in [1.54, 1.807) is 0 Å². The smallest absolute Gasteiger partial charge is 0.173 e. The molecule has 0 bridgehead atoms. The summed E-state index contributed by atoms with van der Waals surface area (Å²) in [4.78, 5) is 5.06. The SMILES string of the molecule is CCCN1CCCc2cc(CN(C(=S)Nc3cc(C)cc(C)c3)[C@H]3CCCC[C@H]3C)ccc21. The molecular weight excluding hydrogens is 422 g/mol. The van der Waals surface area contributed by atoms with Crippen LogP contribution < -0.4 is 10.2 Å². The van der Waals surface area contributed by atoms with Gasteiger partial charge in [-0.05, 0) is 105 Å². The van der Waals surface area contributed by atoms with Crippen LogP contribution in [0.15, 0.2) is 36.4 Å². The van der Waals surface area contributed by atoms with Crippen LogP contribution in [0, 0.1) is 19.8 Å². The van der Waals surface area contributed by atoms with Crippen LogP contribution >= 0.6 is 12.2 Å². The van der Waals surface area contributed by atoms with Crippen molar-refractivity contribution in [2.75, 3.05) is 23.3 Å². The Balaban J connectivity index is 1.58. The van der Waals surface area contributed by atoms with Gasteiger partial charge in [-0.2, -0.15) is 0 Å². The Morgan fingerprint density at radius 1 is 1.06 bits per heavy atom. The molecule has 178 valence electrons. The third kappa shape index (κ3) is 5.90. The molecule has 1 aliphatic carbocycles. The van der Waals surface area contributed by atoms with Gasteiger partial charge >= 0.3 is 0 Å². The molecule has 4 heteroatoms. The van der Waals surface area contributed by atoms with Crippen LogP contribution in [0.25, 0.3) is 0 Å². The molecule has 0 radical (unpaired) electrons. The third-order valence-corrected chi connectivity index (χ3v) is 7.74. The lowest BCUT2D eigenvalue weighted by molar-refractivity contribution is 0.177. The largest absolute Gasteiger partial charge is 0.371 e. The van der Waals surface area contributed by atoms with E-state index in [1.165, 1.54) is 79.4 Å². The number of hydrogen-bond donors (Lipinski definition) is 1. The first-order valence-corrected chi connectivity index (χ1v) is 13.4. The van der Waals surface area contributed by atoms with Gasteiger partial charge in [0.05, 0.1) is 0 Å². The van der Waals surface area contributed by atoms with E-state index in [9.17, 15) is 0 Å². The van der Waals surface area contributed by atoms with Crippen LogP contribution in [0.1, 0.15) is 74.6 Å². The van der Waals surface area contributed by atoms with Crippen LogP contribution in [0.2, 0.25) is 0 Å². The van der Waals surface area contributed by atoms with Crippen LogP contribution in [-0.4, -0.2) is 29.1 Å². The molecule has 0 aromatic heterocycles. The second-order valence-corrected chi connectivity index (χ2v) is 10.7. The van der Waals surface area contributed by atoms with Crippen LogP contribution in [0.3, 0.4) is 0 Å². The molecule has 4 rings (SSSR count). The fourth-order valence-electron chi connectivity index (χ4n) is 5.87. The zero-order valence-corrected chi connectivity index (χ0v) is 21.8. The molecule has 3 nitrogen and oxygen atoms in total. The highest BCUT2D eigenvalue weighted by Crippen LogP contribution is 2.32. The van der Waals surface area contributed by atoms with E-state index in [-0.39, 0.29) is 0 Å². The predicted octanol–water partition coefficient (Wildman–Crippen LogP) is 7.24. The molecule has 1 N–H and O–H groups in total. The minimum Gasteiger partial charge on any atom is -0.371 e. The highest BCUT2D eigenvalue weighted by molar-refractivity contribution is 7.80.